The van der Waals surface area contributed by atoms with Gasteiger partial charge in [-0.15, -0.1) is 0 Å². The van der Waals surface area contributed by atoms with E-state index >= 15 is 0 Å². The molecule has 2 aliphatic carbocycles. The van der Waals surface area contributed by atoms with Crippen LogP contribution in [0.1, 0.15) is 63.4 Å². The van der Waals surface area contributed by atoms with E-state index in [0.29, 0.717) is 25.6 Å². The zero-order valence-electron chi connectivity index (χ0n) is 17.0. The number of nitrogens with zero attached hydrogens (tertiary/aromatic N) is 2. The van der Waals surface area contributed by atoms with E-state index in [1.54, 1.807) is 0 Å². The Balaban J connectivity index is 1.32. The Labute approximate surface area is 172 Å². The van der Waals surface area contributed by atoms with Crippen molar-refractivity contribution >= 4 is 11.8 Å². The Kier molecular flexibility index (Phi) is 5.10. The summed E-state index contributed by atoms with van der Waals surface area (Å²) in [6.07, 6.45) is 9.43. The minimum Gasteiger partial charge on any atom is -0.454 e. The predicted molar refractivity (Wildman–Crippen MR) is 107 cm³/mol. The molecule has 1 aromatic rings. The van der Waals surface area contributed by atoms with Crippen molar-refractivity contribution in [2.75, 3.05) is 13.3 Å². The topological polar surface area (TPSA) is 59.1 Å². The van der Waals surface area contributed by atoms with E-state index in [0.717, 1.165) is 42.7 Å². The lowest BCUT2D eigenvalue weighted by Crippen LogP contribution is -2.43. The summed E-state index contributed by atoms with van der Waals surface area (Å²) in [5, 5.41) is 0. The zero-order valence-corrected chi connectivity index (χ0v) is 17.0. The van der Waals surface area contributed by atoms with Crippen LogP contribution in [0.3, 0.4) is 0 Å². The van der Waals surface area contributed by atoms with E-state index in [-0.39, 0.29) is 30.6 Å². The number of hydrogen-bond acceptors (Lipinski definition) is 4. The van der Waals surface area contributed by atoms with Gasteiger partial charge < -0.3 is 19.3 Å². The third-order valence-electron chi connectivity index (χ3n) is 7.11. The van der Waals surface area contributed by atoms with Gasteiger partial charge in [-0.25, -0.2) is 0 Å². The first-order valence-corrected chi connectivity index (χ1v) is 11.2. The molecular formula is C23H30N2O4. The average molecular weight is 399 g/mol. The molecule has 6 nitrogen and oxygen atoms in total. The van der Waals surface area contributed by atoms with E-state index in [9.17, 15) is 9.59 Å². The number of carbonyl (C=O) groups is 2. The largest absolute Gasteiger partial charge is 0.454 e. The fourth-order valence-corrected chi connectivity index (χ4v) is 5.54. The molecule has 5 rings (SSSR count). The number of carbonyl (C=O) groups excluding carboxylic acids is 2. The molecule has 2 saturated carbocycles. The Hall–Kier alpha value is -2.24. The van der Waals surface area contributed by atoms with E-state index in [4.69, 9.17) is 9.47 Å². The van der Waals surface area contributed by atoms with Crippen LogP contribution < -0.4 is 9.47 Å². The first-order valence-electron chi connectivity index (χ1n) is 11.2. The molecule has 0 spiro atoms. The highest BCUT2D eigenvalue weighted by atomic mass is 16.7. The van der Waals surface area contributed by atoms with Gasteiger partial charge in [-0.2, -0.15) is 0 Å². The van der Waals surface area contributed by atoms with Crippen molar-refractivity contribution in [1.29, 1.82) is 0 Å². The van der Waals surface area contributed by atoms with Crippen LogP contribution in [0.4, 0.5) is 0 Å². The number of amides is 2. The molecule has 1 aromatic carbocycles. The smallest absolute Gasteiger partial charge is 0.231 e. The minimum atomic E-state index is -0.197. The van der Waals surface area contributed by atoms with Crippen LogP contribution >= 0.6 is 0 Å². The molecule has 6 heteroatoms. The third kappa shape index (κ3) is 3.69. The minimum absolute atomic E-state index is 0.156. The number of rotatable bonds is 5. The van der Waals surface area contributed by atoms with Crippen LogP contribution in [0, 0.1) is 5.92 Å². The molecule has 156 valence electrons. The first kappa shape index (κ1) is 18.8. The molecular weight excluding hydrogens is 368 g/mol. The van der Waals surface area contributed by atoms with Gasteiger partial charge in [0.2, 0.25) is 18.6 Å². The molecule has 0 radical (unpaired) electrons. The van der Waals surface area contributed by atoms with E-state index in [2.05, 4.69) is 4.90 Å². The normalized spacial score (nSPS) is 24.6. The summed E-state index contributed by atoms with van der Waals surface area (Å²) in [4.78, 5) is 30.3. The standard InChI is InChI=1S/C23H30N2O4/c26-22-12-17(14-24(22)18-5-1-2-6-18)23(27)25(19-7-3-4-8-19)13-16-9-10-20-21(11-16)29-15-28-20/h9-11,17-19H,1-8,12-15H2. The van der Waals surface area contributed by atoms with Crippen LogP contribution in [0.25, 0.3) is 0 Å². The molecule has 2 amide bonds. The van der Waals surface area contributed by atoms with Gasteiger partial charge >= 0.3 is 0 Å². The van der Waals surface area contributed by atoms with Crippen molar-refractivity contribution in [2.24, 2.45) is 5.92 Å². The number of likely N-dealkylation sites (tertiary alicyclic amines) is 1. The van der Waals surface area contributed by atoms with Crippen molar-refractivity contribution in [3.63, 3.8) is 0 Å². The highest BCUT2D eigenvalue weighted by Crippen LogP contribution is 2.35. The molecule has 1 unspecified atom stereocenters. The maximum absolute atomic E-state index is 13.6. The van der Waals surface area contributed by atoms with Gasteiger partial charge in [-0.05, 0) is 43.4 Å². The summed E-state index contributed by atoms with van der Waals surface area (Å²) < 4.78 is 10.9. The highest BCUT2D eigenvalue weighted by molar-refractivity contribution is 5.89. The van der Waals surface area contributed by atoms with Gasteiger partial charge in [0.05, 0.1) is 5.92 Å². The van der Waals surface area contributed by atoms with Gasteiger partial charge in [0, 0.05) is 31.6 Å². The van der Waals surface area contributed by atoms with Crippen LogP contribution in [-0.4, -0.2) is 47.0 Å². The third-order valence-corrected chi connectivity index (χ3v) is 7.11. The lowest BCUT2D eigenvalue weighted by molar-refractivity contribution is -0.138. The molecule has 29 heavy (non-hydrogen) atoms. The van der Waals surface area contributed by atoms with Crippen molar-refractivity contribution in [2.45, 2.75) is 76.4 Å². The quantitative estimate of drug-likeness (QED) is 0.762. The first-order chi connectivity index (χ1) is 14.2. The number of ether oxygens (including phenoxy) is 2. The average Bonchev–Trinajstić information content (AvgIpc) is 3.52. The molecule has 2 heterocycles. The van der Waals surface area contributed by atoms with E-state index in [1.807, 2.05) is 23.1 Å². The fraction of sp³-hybridized carbons (Fsp3) is 0.652. The molecule has 0 bridgehead atoms. The van der Waals surface area contributed by atoms with E-state index < -0.39 is 0 Å². The maximum Gasteiger partial charge on any atom is 0.231 e. The van der Waals surface area contributed by atoms with Crippen LogP contribution in [0.15, 0.2) is 18.2 Å². The van der Waals surface area contributed by atoms with Crippen molar-refractivity contribution in [3.8, 4) is 11.5 Å². The second-order valence-corrected chi connectivity index (χ2v) is 8.98. The number of fused-ring (bicyclic) bond motifs is 1. The summed E-state index contributed by atoms with van der Waals surface area (Å²) in [7, 11) is 0. The SMILES string of the molecule is O=C1CC(C(=O)N(Cc2ccc3c(c2)OCO3)C2CCCC2)CN1C1CCCC1. The lowest BCUT2D eigenvalue weighted by Gasteiger charge is -2.32. The van der Waals surface area contributed by atoms with Crippen molar-refractivity contribution in [1.82, 2.24) is 9.80 Å². The molecule has 3 fully saturated rings. The summed E-state index contributed by atoms with van der Waals surface area (Å²) in [6, 6.07) is 6.57. The number of benzene rings is 1. The number of hydrogen-bond donors (Lipinski definition) is 0. The molecule has 4 aliphatic rings. The van der Waals surface area contributed by atoms with Gasteiger partial charge in [0.1, 0.15) is 0 Å². The molecule has 2 aliphatic heterocycles. The Morgan fingerprint density at radius 2 is 1.76 bits per heavy atom. The second kappa shape index (κ2) is 7.88. The van der Waals surface area contributed by atoms with Crippen molar-refractivity contribution < 1.29 is 19.1 Å². The zero-order chi connectivity index (χ0) is 19.8. The Bertz CT molecular complexity index is 783. The maximum atomic E-state index is 13.6. The molecule has 1 saturated heterocycles. The summed E-state index contributed by atoms with van der Waals surface area (Å²) in [5.74, 6) is 1.65. The van der Waals surface area contributed by atoms with Gasteiger partial charge in [-0.3, -0.25) is 9.59 Å². The van der Waals surface area contributed by atoms with Crippen molar-refractivity contribution in [3.05, 3.63) is 23.8 Å². The molecule has 0 aromatic heterocycles. The molecule has 1 atom stereocenters. The van der Waals surface area contributed by atoms with Crippen LogP contribution in [0.5, 0.6) is 11.5 Å². The van der Waals surface area contributed by atoms with Gasteiger partial charge in [0.25, 0.3) is 0 Å². The lowest BCUT2D eigenvalue weighted by atomic mass is 10.0. The second-order valence-electron chi connectivity index (χ2n) is 8.98. The van der Waals surface area contributed by atoms with Gasteiger partial charge in [-0.1, -0.05) is 31.7 Å². The Morgan fingerprint density at radius 3 is 2.55 bits per heavy atom. The summed E-state index contributed by atoms with van der Waals surface area (Å²) in [5.41, 5.74) is 1.06. The fourth-order valence-electron chi connectivity index (χ4n) is 5.54. The van der Waals surface area contributed by atoms with E-state index in [1.165, 1.54) is 25.7 Å². The summed E-state index contributed by atoms with van der Waals surface area (Å²) >= 11 is 0. The predicted octanol–water partition coefficient (Wildman–Crippen LogP) is 3.48. The monoisotopic (exact) mass is 398 g/mol. The highest BCUT2D eigenvalue weighted by Gasteiger charge is 2.41. The molecule has 0 N–H and O–H groups in total. The van der Waals surface area contributed by atoms with Crippen LogP contribution in [0.2, 0.25) is 0 Å². The Morgan fingerprint density at radius 1 is 1.03 bits per heavy atom. The summed E-state index contributed by atoms with van der Waals surface area (Å²) in [6.45, 7) is 1.44. The van der Waals surface area contributed by atoms with Gasteiger partial charge in [0.15, 0.2) is 11.5 Å². The van der Waals surface area contributed by atoms with Crippen LogP contribution in [-0.2, 0) is 16.1 Å².